The summed E-state index contributed by atoms with van der Waals surface area (Å²) in [7, 11) is 0. The van der Waals surface area contributed by atoms with Gasteiger partial charge in [-0.2, -0.15) is 0 Å². The topological polar surface area (TPSA) is 50.8 Å². The molecule has 0 radical (unpaired) electrons. The lowest BCUT2D eigenvalue weighted by atomic mass is 10.1. The van der Waals surface area contributed by atoms with Crippen LogP contribution < -0.4 is 5.32 Å². The summed E-state index contributed by atoms with van der Waals surface area (Å²) in [4.78, 5) is 14.5. The van der Waals surface area contributed by atoms with Crippen molar-refractivity contribution in [2.75, 3.05) is 46.1 Å². The van der Waals surface area contributed by atoms with Gasteiger partial charge in [0.25, 0.3) is 0 Å². The number of nitrogens with zero attached hydrogens (tertiary/aromatic N) is 1. The van der Waals surface area contributed by atoms with Crippen molar-refractivity contribution in [1.29, 1.82) is 0 Å². The molecule has 0 bridgehead atoms. The van der Waals surface area contributed by atoms with Crippen molar-refractivity contribution in [3.8, 4) is 0 Å². The van der Waals surface area contributed by atoms with Crippen LogP contribution in [0, 0.1) is 0 Å². The van der Waals surface area contributed by atoms with Crippen molar-refractivity contribution in [3.63, 3.8) is 0 Å². The Hall–Kier alpha value is -0.650. The minimum absolute atomic E-state index is 0.0271. The predicted molar refractivity (Wildman–Crippen MR) is 79.8 cm³/mol. The van der Waals surface area contributed by atoms with Crippen LogP contribution in [0.15, 0.2) is 0 Å². The number of amides is 1. The second-order valence-electron chi connectivity index (χ2n) is 5.08. The third-order valence-corrected chi connectivity index (χ3v) is 3.59. The Labute approximate surface area is 123 Å². The van der Waals surface area contributed by atoms with Crippen molar-refractivity contribution in [2.45, 2.75) is 45.6 Å². The maximum atomic E-state index is 12.6. The third-order valence-electron chi connectivity index (χ3n) is 3.59. The van der Waals surface area contributed by atoms with E-state index in [0.717, 1.165) is 19.4 Å². The van der Waals surface area contributed by atoms with Crippen LogP contribution in [0.1, 0.15) is 39.5 Å². The van der Waals surface area contributed by atoms with E-state index in [9.17, 15) is 4.79 Å². The van der Waals surface area contributed by atoms with Gasteiger partial charge in [0.2, 0.25) is 5.91 Å². The normalized spacial score (nSPS) is 19.6. The average Bonchev–Trinajstić information content (AvgIpc) is 2.74. The first-order chi connectivity index (χ1) is 9.79. The molecule has 5 nitrogen and oxygen atoms in total. The van der Waals surface area contributed by atoms with Gasteiger partial charge in [-0.15, -0.1) is 0 Å². The lowest BCUT2D eigenvalue weighted by Gasteiger charge is -2.27. The van der Waals surface area contributed by atoms with E-state index in [1.54, 1.807) is 0 Å². The molecule has 1 aliphatic rings. The van der Waals surface area contributed by atoms with Crippen molar-refractivity contribution >= 4 is 5.91 Å². The fraction of sp³-hybridized carbons (Fsp3) is 0.933. The summed E-state index contributed by atoms with van der Waals surface area (Å²) in [6.45, 7) is 8.77. The Morgan fingerprint density at radius 2 is 1.75 bits per heavy atom. The Morgan fingerprint density at radius 1 is 1.10 bits per heavy atom. The molecule has 1 atom stereocenters. The van der Waals surface area contributed by atoms with Gasteiger partial charge in [-0.05, 0) is 33.2 Å². The molecule has 0 spiro atoms. The van der Waals surface area contributed by atoms with E-state index in [2.05, 4.69) is 5.32 Å². The molecule has 5 heteroatoms. The highest BCUT2D eigenvalue weighted by Crippen LogP contribution is 2.11. The molecule has 20 heavy (non-hydrogen) atoms. The molecular weight excluding hydrogens is 256 g/mol. The number of nitrogens with one attached hydrogen (secondary N) is 1. The van der Waals surface area contributed by atoms with Crippen molar-refractivity contribution < 1.29 is 14.3 Å². The molecule has 0 saturated carbocycles. The third kappa shape index (κ3) is 6.68. The quantitative estimate of drug-likeness (QED) is 0.651. The predicted octanol–water partition coefficient (Wildman–Crippen LogP) is 1.42. The summed E-state index contributed by atoms with van der Waals surface area (Å²) in [5.41, 5.74) is 0. The highest BCUT2D eigenvalue weighted by Gasteiger charge is 2.24. The Morgan fingerprint density at radius 3 is 2.35 bits per heavy atom. The molecule has 0 aliphatic carbocycles. The number of carbonyl (C=O) groups is 1. The Kier molecular flexibility index (Phi) is 9.62. The Bertz CT molecular complexity index is 244. The van der Waals surface area contributed by atoms with Crippen LogP contribution in [0.2, 0.25) is 0 Å². The van der Waals surface area contributed by atoms with E-state index < -0.39 is 0 Å². The second-order valence-corrected chi connectivity index (χ2v) is 5.08. The van der Waals surface area contributed by atoms with E-state index in [0.29, 0.717) is 39.5 Å². The number of carbonyl (C=O) groups excluding carboxylic acids is 1. The summed E-state index contributed by atoms with van der Waals surface area (Å²) in [5, 5.41) is 3.37. The Balaban J connectivity index is 2.46. The van der Waals surface area contributed by atoms with Crippen molar-refractivity contribution in [3.05, 3.63) is 0 Å². The molecule has 1 aliphatic heterocycles. The second kappa shape index (κ2) is 11.1. The molecule has 1 fully saturated rings. The van der Waals surface area contributed by atoms with Gasteiger partial charge in [-0.1, -0.05) is 12.8 Å². The monoisotopic (exact) mass is 286 g/mol. The van der Waals surface area contributed by atoms with Crippen LogP contribution in [0.3, 0.4) is 0 Å². The van der Waals surface area contributed by atoms with Crippen LogP contribution in [0.25, 0.3) is 0 Å². The maximum absolute atomic E-state index is 12.6. The highest BCUT2D eigenvalue weighted by molar-refractivity contribution is 5.81. The molecule has 1 rings (SSSR count). The minimum Gasteiger partial charge on any atom is -0.380 e. The zero-order valence-electron chi connectivity index (χ0n) is 13.0. The summed E-state index contributed by atoms with van der Waals surface area (Å²) in [6, 6.07) is -0.0271. The molecule has 1 amide bonds. The molecule has 1 heterocycles. The first kappa shape index (κ1) is 17.4. The minimum atomic E-state index is -0.0271. The number of hydrogen-bond donors (Lipinski definition) is 1. The highest BCUT2D eigenvalue weighted by atomic mass is 16.5. The molecule has 1 N–H and O–H groups in total. The van der Waals surface area contributed by atoms with Gasteiger partial charge in [0.05, 0.1) is 19.3 Å². The van der Waals surface area contributed by atoms with Gasteiger partial charge in [-0.25, -0.2) is 0 Å². The van der Waals surface area contributed by atoms with E-state index in [1.807, 2.05) is 18.7 Å². The summed E-state index contributed by atoms with van der Waals surface area (Å²) < 4.78 is 10.8. The first-order valence-electron chi connectivity index (χ1n) is 7.97. The van der Waals surface area contributed by atoms with E-state index in [-0.39, 0.29) is 11.9 Å². The molecule has 118 valence electrons. The van der Waals surface area contributed by atoms with Gasteiger partial charge >= 0.3 is 0 Å². The number of ether oxygens (including phenoxy) is 2. The van der Waals surface area contributed by atoms with E-state index in [1.165, 1.54) is 12.8 Å². The lowest BCUT2D eigenvalue weighted by Crippen LogP contribution is -2.48. The molecule has 1 unspecified atom stereocenters. The van der Waals surface area contributed by atoms with Crippen LogP contribution in [-0.4, -0.2) is 62.9 Å². The van der Waals surface area contributed by atoms with Crippen molar-refractivity contribution in [1.82, 2.24) is 10.2 Å². The lowest BCUT2D eigenvalue weighted by molar-refractivity contribution is -0.135. The van der Waals surface area contributed by atoms with Gasteiger partial charge in [0.15, 0.2) is 0 Å². The average molecular weight is 286 g/mol. The van der Waals surface area contributed by atoms with Gasteiger partial charge in [-0.3, -0.25) is 4.79 Å². The number of hydrogen-bond acceptors (Lipinski definition) is 4. The molecule has 0 aromatic rings. The summed E-state index contributed by atoms with van der Waals surface area (Å²) in [5.74, 6) is 0.200. The first-order valence-corrected chi connectivity index (χ1v) is 7.97. The fourth-order valence-corrected chi connectivity index (χ4v) is 2.43. The van der Waals surface area contributed by atoms with Crippen LogP contribution >= 0.6 is 0 Å². The molecule has 0 aromatic heterocycles. The van der Waals surface area contributed by atoms with Gasteiger partial charge in [0.1, 0.15) is 0 Å². The summed E-state index contributed by atoms with van der Waals surface area (Å²) >= 11 is 0. The van der Waals surface area contributed by atoms with Crippen LogP contribution in [0.5, 0.6) is 0 Å². The SMILES string of the molecule is CCOCCN(CCOCC)C(=O)C1CCCCCN1. The van der Waals surface area contributed by atoms with Crippen molar-refractivity contribution in [2.24, 2.45) is 0 Å². The van der Waals surface area contributed by atoms with E-state index in [4.69, 9.17) is 9.47 Å². The van der Waals surface area contributed by atoms with E-state index >= 15 is 0 Å². The summed E-state index contributed by atoms with van der Waals surface area (Å²) in [6.07, 6.45) is 4.46. The van der Waals surface area contributed by atoms with Crippen LogP contribution in [0.4, 0.5) is 0 Å². The molecule has 1 saturated heterocycles. The fourth-order valence-electron chi connectivity index (χ4n) is 2.43. The smallest absolute Gasteiger partial charge is 0.239 e. The van der Waals surface area contributed by atoms with Crippen LogP contribution in [-0.2, 0) is 14.3 Å². The van der Waals surface area contributed by atoms with Gasteiger partial charge in [0, 0.05) is 26.3 Å². The molecular formula is C15H30N2O3. The maximum Gasteiger partial charge on any atom is 0.239 e. The zero-order valence-corrected chi connectivity index (χ0v) is 13.0. The largest absolute Gasteiger partial charge is 0.380 e. The molecule has 0 aromatic carbocycles. The zero-order chi connectivity index (χ0) is 14.6. The standard InChI is InChI=1S/C15H30N2O3/c1-3-19-12-10-17(11-13-20-4-2)15(18)14-8-6-5-7-9-16-14/h14,16H,3-13H2,1-2H3. The van der Waals surface area contributed by atoms with Gasteiger partial charge < -0.3 is 19.7 Å². The number of rotatable bonds is 9.